The Morgan fingerprint density at radius 1 is 1.12 bits per heavy atom. The molecule has 8 heteroatoms. The summed E-state index contributed by atoms with van der Waals surface area (Å²) in [5.41, 5.74) is 3.74. The van der Waals surface area contributed by atoms with E-state index in [9.17, 15) is 4.79 Å². The number of hydrogen-bond donors (Lipinski definition) is 1. The second-order valence-electron chi connectivity index (χ2n) is 8.40. The first-order valence-electron chi connectivity index (χ1n) is 11.1. The van der Waals surface area contributed by atoms with Gasteiger partial charge in [-0.05, 0) is 62.7 Å². The smallest absolute Gasteiger partial charge is 0.251 e. The van der Waals surface area contributed by atoms with Crippen LogP contribution in [-0.2, 0) is 13.1 Å². The van der Waals surface area contributed by atoms with E-state index in [1.54, 1.807) is 18.4 Å². The number of likely N-dealkylation sites (tertiary alicyclic amines) is 1. The van der Waals surface area contributed by atoms with Gasteiger partial charge in [0.1, 0.15) is 0 Å². The summed E-state index contributed by atoms with van der Waals surface area (Å²) in [4.78, 5) is 19.3. The van der Waals surface area contributed by atoms with Crippen LogP contribution in [0.1, 0.15) is 24.1 Å². The SMILES string of the molecule is Cc1cnc2ccc(=O)n(CCN3CCC(NCc4cc(-c5ccco5)on4)CC3)c2c1. The number of nitrogens with one attached hydrogen (secondary N) is 1. The Morgan fingerprint density at radius 2 is 2.00 bits per heavy atom. The first kappa shape index (κ1) is 20.7. The van der Waals surface area contributed by atoms with Gasteiger partial charge in [-0.3, -0.25) is 9.78 Å². The van der Waals surface area contributed by atoms with Gasteiger partial charge in [0, 0.05) is 44.0 Å². The van der Waals surface area contributed by atoms with E-state index in [1.165, 1.54) is 0 Å². The molecule has 1 saturated heterocycles. The lowest BCUT2D eigenvalue weighted by atomic mass is 10.0. The number of aromatic nitrogens is 3. The van der Waals surface area contributed by atoms with E-state index in [0.29, 0.717) is 30.7 Å². The first-order chi connectivity index (χ1) is 15.7. The van der Waals surface area contributed by atoms with Crippen molar-refractivity contribution in [1.29, 1.82) is 0 Å². The molecule has 0 spiro atoms. The molecular formula is C24H27N5O3. The van der Waals surface area contributed by atoms with E-state index in [0.717, 1.165) is 54.8 Å². The Kier molecular flexibility index (Phi) is 5.87. The lowest BCUT2D eigenvalue weighted by Crippen LogP contribution is -2.43. The topological polar surface area (TPSA) is 89.3 Å². The normalized spacial score (nSPS) is 15.5. The standard InChI is InChI=1S/C24H27N5O3/c1-17-13-21-20(26-15-17)4-5-24(30)29(21)11-10-28-8-6-18(7-9-28)25-16-19-14-23(32-27-19)22-3-2-12-31-22/h2-5,12-15,18,25H,6-11,16H2,1H3. The fourth-order valence-electron chi connectivity index (χ4n) is 4.28. The number of piperidine rings is 1. The van der Waals surface area contributed by atoms with Gasteiger partial charge in [-0.15, -0.1) is 0 Å². The maximum Gasteiger partial charge on any atom is 0.251 e. The van der Waals surface area contributed by atoms with Crippen LogP contribution in [0.15, 0.2) is 62.6 Å². The molecule has 0 aromatic carbocycles. The summed E-state index contributed by atoms with van der Waals surface area (Å²) in [6, 6.07) is 11.5. The molecule has 0 aliphatic carbocycles. The quantitative estimate of drug-likeness (QED) is 0.479. The van der Waals surface area contributed by atoms with Gasteiger partial charge in [0.05, 0.1) is 23.0 Å². The van der Waals surface area contributed by atoms with Crippen molar-refractivity contribution in [2.24, 2.45) is 0 Å². The van der Waals surface area contributed by atoms with E-state index in [2.05, 4.69) is 20.4 Å². The van der Waals surface area contributed by atoms with Crippen LogP contribution in [-0.4, -0.2) is 45.3 Å². The monoisotopic (exact) mass is 433 g/mol. The predicted octanol–water partition coefficient (Wildman–Crippen LogP) is 3.21. The molecule has 1 aliphatic rings. The molecule has 1 aliphatic heterocycles. The molecular weight excluding hydrogens is 406 g/mol. The number of rotatable bonds is 7. The molecule has 8 nitrogen and oxygen atoms in total. The third kappa shape index (κ3) is 4.51. The summed E-state index contributed by atoms with van der Waals surface area (Å²) < 4.78 is 12.6. The number of pyridine rings is 2. The Balaban J connectivity index is 1.12. The van der Waals surface area contributed by atoms with Gasteiger partial charge >= 0.3 is 0 Å². The van der Waals surface area contributed by atoms with E-state index >= 15 is 0 Å². The Bertz CT molecular complexity index is 1240. The minimum Gasteiger partial charge on any atom is -0.461 e. The maximum absolute atomic E-state index is 12.5. The third-order valence-corrected chi connectivity index (χ3v) is 6.10. The van der Waals surface area contributed by atoms with Gasteiger partial charge in [0.2, 0.25) is 5.76 Å². The molecule has 4 aromatic rings. The number of hydrogen-bond acceptors (Lipinski definition) is 7. The molecule has 0 saturated carbocycles. The van der Waals surface area contributed by atoms with Crippen LogP contribution in [0.5, 0.6) is 0 Å². The van der Waals surface area contributed by atoms with Crippen molar-refractivity contribution in [3.63, 3.8) is 0 Å². The summed E-state index contributed by atoms with van der Waals surface area (Å²) in [6.07, 6.45) is 5.59. The second-order valence-corrected chi connectivity index (χ2v) is 8.40. The molecule has 0 atom stereocenters. The van der Waals surface area contributed by atoms with E-state index in [-0.39, 0.29) is 5.56 Å². The van der Waals surface area contributed by atoms with Crippen LogP contribution in [0.2, 0.25) is 0 Å². The zero-order valence-electron chi connectivity index (χ0n) is 18.2. The Morgan fingerprint density at radius 3 is 2.81 bits per heavy atom. The van der Waals surface area contributed by atoms with Crippen LogP contribution >= 0.6 is 0 Å². The molecule has 32 heavy (non-hydrogen) atoms. The predicted molar refractivity (Wildman–Crippen MR) is 121 cm³/mol. The van der Waals surface area contributed by atoms with Gasteiger partial charge in [0.15, 0.2) is 5.76 Å². The lowest BCUT2D eigenvalue weighted by Gasteiger charge is -2.32. The minimum absolute atomic E-state index is 0.0305. The molecule has 1 N–H and O–H groups in total. The molecule has 0 amide bonds. The summed E-state index contributed by atoms with van der Waals surface area (Å²) in [6.45, 7) is 6.22. The minimum atomic E-state index is 0.0305. The molecule has 0 radical (unpaired) electrons. The van der Waals surface area contributed by atoms with Crippen molar-refractivity contribution in [2.75, 3.05) is 19.6 Å². The Labute approximate surface area is 185 Å². The van der Waals surface area contributed by atoms with E-state index in [1.807, 2.05) is 42.0 Å². The highest BCUT2D eigenvalue weighted by atomic mass is 16.5. The molecule has 166 valence electrons. The van der Waals surface area contributed by atoms with Crippen molar-refractivity contribution in [3.8, 4) is 11.5 Å². The van der Waals surface area contributed by atoms with Crippen LogP contribution in [0, 0.1) is 6.92 Å². The average molecular weight is 434 g/mol. The molecule has 1 fully saturated rings. The van der Waals surface area contributed by atoms with Crippen LogP contribution in [0.4, 0.5) is 0 Å². The van der Waals surface area contributed by atoms with Crippen molar-refractivity contribution >= 4 is 11.0 Å². The second kappa shape index (κ2) is 9.10. The lowest BCUT2D eigenvalue weighted by molar-refractivity contribution is 0.191. The number of aryl methyl sites for hydroxylation is 1. The first-order valence-corrected chi connectivity index (χ1v) is 11.1. The summed E-state index contributed by atoms with van der Waals surface area (Å²) >= 11 is 0. The highest BCUT2D eigenvalue weighted by Gasteiger charge is 2.19. The summed E-state index contributed by atoms with van der Waals surface area (Å²) in [5.74, 6) is 1.34. The van der Waals surface area contributed by atoms with Crippen molar-refractivity contribution in [1.82, 2.24) is 24.9 Å². The average Bonchev–Trinajstić information content (AvgIpc) is 3.50. The van der Waals surface area contributed by atoms with Crippen molar-refractivity contribution in [3.05, 3.63) is 70.5 Å². The molecule has 4 aromatic heterocycles. The van der Waals surface area contributed by atoms with Gasteiger partial charge in [0.25, 0.3) is 5.56 Å². The summed E-state index contributed by atoms with van der Waals surface area (Å²) in [5, 5.41) is 7.72. The molecule has 5 rings (SSSR count). The highest BCUT2D eigenvalue weighted by molar-refractivity contribution is 5.74. The number of fused-ring (bicyclic) bond motifs is 1. The van der Waals surface area contributed by atoms with Crippen molar-refractivity contribution in [2.45, 2.75) is 38.9 Å². The van der Waals surface area contributed by atoms with Crippen LogP contribution in [0.25, 0.3) is 22.6 Å². The van der Waals surface area contributed by atoms with Crippen LogP contribution in [0.3, 0.4) is 0 Å². The molecule has 0 unspecified atom stereocenters. The van der Waals surface area contributed by atoms with E-state index < -0.39 is 0 Å². The summed E-state index contributed by atoms with van der Waals surface area (Å²) in [7, 11) is 0. The highest BCUT2D eigenvalue weighted by Crippen LogP contribution is 2.21. The largest absolute Gasteiger partial charge is 0.461 e. The van der Waals surface area contributed by atoms with E-state index in [4.69, 9.17) is 8.94 Å². The zero-order valence-corrected chi connectivity index (χ0v) is 18.2. The Hall–Kier alpha value is -3.23. The number of furan rings is 1. The van der Waals surface area contributed by atoms with Gasteiger partial charge in [-0.25, -0.2) is 0 Å². The van der Waals surface area contributed by atoms with Crippen LogP contribution < -0.4 is 10.9 Å². The zero-order chi connectivity index (χ0) is 21.9. The molecule has 0 bridgehead atoms. The third-order valence-electron chi connectivity index (χ3n) is 6.10. The maximum atomic E-state index is 12.5. The number of nitrogens with zero attached hydrogens (tertiary/aromatic N) is 4. The van der Waals surface area contributed by atoms with Gasteiger partial charge in [-0.2, -0.15) is 0 Å². The van der Waals surface area contributed by atoms with Gasteiger partial charge < -0.3 is 23.7 Å². The molecule has 5 heterocycles. The fourth-order valence-corrected chi connectivity index (χ4v) is 4.28. The van der Waals surface area contributed by atoms with Crippen molar-refractivity contribution < 1.29 is 8.94 Å². The van der Waals surface area contributed by atoms with Gasteiger partial charge in [-0.1, -0.05) is 5.16 Å². The fraction of sp³-hybridized carbons (Fsp3) is 0.375.